The fourth-order valence-corrected chi connectivity index (χ4v) is 9.52. The maximum atomic E-state index is 15.5. The van der Waals surface area contributed by atoms with Gasteiger partial charge in [0.2, 0.25) is 11.8 Å². The Labute approximate surface area is 328 Å². The van der Waals surface area contributed by atoms with Crippen LogP contribution in [-0.4, -0.2) is 82.6 Å². The fourth-order valence-electron chi connectivity index (χ4n) is 8.79. The van der Waals surface area contributed by atoms with Gasteiger partial charge in [-0.3, -0.25) is 19.2 Å². The third-order valence-electron chi connectivity index (χ3n) is 11.7. The minimum absolute atomic E-state index is 0.127. The first kappa shape index (κ1) is 36.9. The van der Waals surface area contributed by atoms with Crippen molar-refractivity contribution in [1.29, 1.82) is 0 Å². The van der Waals surface area contributed by atoms with E-state index in [1.54, 1.807) is 22.9 Å². The Bertz CT molecular complexity index is 2200. The van der Waals surface area contributed by atoms with Gasteiger partial charge in [-0.1, -0.05) is 119 Å². The molecule has 3 amide bonds. The van der Waals surface area contributed by atoms with E-state index in [0.29, 0.717) is 27.7 Å². The van der Waals surface area contributed by atoms with Crippen molar-refractivity contribution in [3.63, 3.8) is 0 Å². The van der Waals surface area contributed by atoms with Crippen molar-refractivity contribution in [3.05, 3.63) is 137 Å². The molecule has 8 rings (SSSR count). The molecule has 4 aromatic rings. The molecular formula is C44H42BrN3O7. The maximum absolute atomic E-state index is 15.5. The Morgan fingerprint density at radius 3 is 2.27 bits per heavy atom. The molecule has 8 atom stereocenters. The molecule has 4 aromatic carbocycles. The first-order chi connectivity index (χ1) is 26.6. The molecular weight excluding hydrogens is 762 g/mol. The van der Waals surface area contributed by atoms with Gasteiger partial charge < -0.3 is 29.3 Å². The number of benzene rings is 4. The van der Waals surface area contributed by atoms with E-state index in [2.05, 4.69) is 15.9 Å². The number of fused-ring (bicyclic) bond motifs is 3. The first-order valence-corrected chi connectivity index (χ1v) is 19.4. The van der Waals surface area contributed by atoms with Gasteiger partial charge >= 0.3 is 5.97 Å². The summed E-state index contributed by atoms with van der Waals surface area (Å²) in [5.41, 5.74) is 0.351. The van der Waals surface area contributed by atoms with Gasteiger partial charge in [-0.2, -0.15) is 0 Å². The smallest absolute Gasteiger partial charge is 0.313 e. The van der Waals surface area contributed by atoms with Gasteiger partial charge in [0.1, 0.15) is 29.8 Å². The number of hydrogen-bond donors (Lipinski definition) is 1. The van der Waals surface area contributed by atoms with Gasteiger partial charge in [0.25, 0.3) is 5.91 Å². The van der Waals surface area contributed by atoms with Crippen molar-refractivity contribution in [1.82, 2.24) is 9.80 Å². The molecule has 1 spiro atoms. The van der Waals surface area contributed by atoms with Crippen molar-refractivity contribution in [2.75, 3.05) is 25.1 Å². The summed E-state index contributed by atoms with van der Waals surface area (Å²) in [6.07, 6.45) is 4.36. The highest BCUT2D eigenvalue weighted by molar-refractivity contribution is 9.11. The molecule has 4 heterocycles. The summed E-state index contributed by atoms with van der Waals surface area (Å²) in [4.78, 5) is 63.6. The van der Waals surface area contributed by atoms with Crippen molar-refractivity contribution >= 4 is 56.1 Å². The SMILES string of the molecule is C[C@H]1[C@H](c2ccccc2)OC(=O)[C@H]2[C@@H]3O[C@@]4(C=C3Br)[C@@H]2C(=O)N([C@H](CO)c2ccccc2)[C@@H]4C(=O)N(c2ccc3ccccc3c2)C/C=C\CCC(=O)N1C. The molecule has 0 unspecified atom stereocenters. The van der Waals surface area contributed by atoms with E-state index in [4.69, 9.17) is 9.47 Å². The Balaban J connectivity index is 1.30. The Hall–Kier alpha value is -5.10. The van der Waals surface area contributed by atoms with Crippen molar-refractivity contribution < 1.29 is 33.8 Å². The number of anilines is 1. The number of likely N-dealkylation sites (tertiary alicyclic amines) is 1. The van der Waals surface area contributed by atoms with E-state index in [9.17, 15) is 14.7 Å². The van der Waals surface area contributed by atoms with E-state index >= 15 is 9.59 Å². The van der Waals surface area contributed by atoms with Gasteiger partial charge in [0.15, 0.2) is 0 Å². The van der Waals surface area contributed by atoms with Crippen molar-refractivity contribution in [2.24, 2.45) is 11.8 Å². The second kappa shape index (κ2) is 14.9. The summed E-state index contributed by atoms with van der Waals surface area (Å²) in [6, 6.07) is 29.2. The van der Waals surface area contributed by atoms with Crippen LogP contribution < -0.4 is 4.90 Å². The molecule has 11 heteroatoms. The van der Waals surface area contributed by atoms with E-state index < -0.39 is 72.2 Å². The van der Waals surface area contributed by atoms with Crippen LogP contribution in [-0.2, 0) is 28.7 Å². The lowest BCUT2D eigenvalue weighted by Gasteiger charge is -2.39. The summed E-state index contributed by atoms with van der Waals surface area (Å²) in [5.74, 6) is -4.02. The highest BCUT2D eigenvalue weighted by Gasteiger charge is 2.75. The van der Waals surface area contributed by atoms with E-state index in [0.717, 1.165) is 10.8 Å². The van der Waals surface area contributed by atoms with Crippen LogP contribution in [0.5, 0.6) is 0 Å². The monoisotopic (exact) mass is 803 g/mol. The summed E-state index contributed by atoms with van der Waals surface area (Å²) in [5, 5.41) is 12.9. The second-order valence-electron chi connectivity index (χ2n) is 14.7. The maximum Gasteiger partial charge on any atom is 0.313 e. The molecule has 55 heavy (non-hydrogen) atoms. The minimum Gasteiger partial charge on any atom is -0.455 e. The van der Waals surface area contributed by atoms with Crippen LogP contribution in [0.3, 0.4) is 0 Å². The normalized spacial score (nSPS) is 29.7. The molecule has 282 valence electrons. The molecule has 1 N–H and O–H groups in total. The number of esters is 1. The van der Waals surface area contributed by atoms with E-state index in [1.165, 1.54) is 4.90 Å². The predicted molar refractivity (Wildman–Crippen MR) is 211 cm³/mol. The second-order valence-corrected chi connectivity index (χ2v) is 15.6. The summed E-state index contributed by atoms with van der Waals surface area (Å²) in [6.45, 7) is 1.49. The minimum atomic E-state index is -1.57. The topological polar surface area (TPSA) is 117 Å². The molecule has 2 saturated heterocycles. The lowest BCUT2D eigenvalue weighted by atomic mass is 9.74. The zero-order chi connectivity index (χ0) is 38.4. The number of allylic oxidation sites excluding steroid dienone is 1. The van der Waals surface area contributed by atoms with Gasteiger partial charge in [-0.25, -0.2) is 0 Å². The highest BCUT2D eigenvalue weighted by Crippen LogP contribution is 2.60. The van der Waals surface area contributed by atoms with Crippen LogP contribution in [0, 0.1) is 11.8 Å². The van der Waals surface area contributed by atoms with Crippen LogP contribution in [0.25, 0.3) is 10.8 Å². The number of halogens is 1. The molecule has 0 radical (unpaired) electrons. The quantitative estimate of drug-likeness (QED) is 0.187. The molecule has 0 aromatic heterocycles. The number of aliphatic hydroxyl groups is 1. The number of nitrogens with zero attached hydrogens (tertiary/aromatic N) is 3. The largest absolute Gasteiger partial charge is 0.455 e. The number of carbonyl (C=O) groups excluding carboxylic acids is 4. The highest BCUT2D eigenvalue weighted by atomic mass is 79.9. The molecule has 4 aliphatic heterocycles. The Morgan fingerprint density at radius 1 is 0.855 bits per heavy atom. The van der Waals surface area contributed by atoms with Gasteiger partial charge in [-0.15, -0.1) is 0 Å². The Morgan fingerprint density at radius 2 is 1.55 bits per heavy atom. The van der Waals surface area contributed by atoms with Crippen molar-refractivity contribution in [3.8, 4) is 0 Å². The lowest BCUT2D eigenvalue weighted by Crippen LogP contribution is -2.57. The number of ether oxygens (including phenoxy) is 2. The number of carbonyl (C=O) groups is 4. The van der Waals surface area contributed by atoms with Crippen LogP contribution >= 0.6 is 15.9 Å². The zero-order valence-electron chi connectivity index (χ0n) is 30.5. The average Bonchev–Trinajstić information content (AvgIpc) is 3.81. The fraction of sp³-hybridized carbons (Fsp3) is 0.318. The molecule has 10 nitrogen and oxygen atoms in total. The number of aliphatic hydroxyl groups excluding tert-OH is 1. The lowest BCUT2D eigenvalue weighted by molar-refractivity contribution is -0.164. The van der Waals surface area contributed by atoms with E-state index in [-0.39, 0.29) is 18.9 Å². The summed E-state index contributed by atoms with van der Waals surface area (Å²) in [7, 11) is 1.70. The van der Waals surface area contributed by atoms with Crippen LogP contribution in [0.1, 0.15) is 43.0 Å². The third kappa shape index (κ3) is 6.28. The molecule has 5 bridgehead atoms. The average molecular weight is 805 g/mol. The molecule has 4 aliphatic rings. The first-order valence-electron chi connectivity index (χ1n) is 18.6. The summed E-state index contributed by atoms with van der Waals surface area (Å²) < 4.78 is 13.7. The number of likely N-dealkylation sites (N-methyl/N-ethyl adjacent to an activating group) is 1. The molecule has 0 aliphatic carbocycles. The van der Waals surface area contributed by atoms with Crippen LogP contribution in [0.15, 0.2) is 126 Å². The molecule has 0 saturated carbocycles. The molecule has 2 fully saturated rings. The number of cyclic esters (lactones) is 1. The number of hydrogen-bond acceptors (Lipinski definition) is 7. The predicted octanol–water partition coefficient (Wildman–Crippen LogP) is 6.26. The van der Waals surface area contributed by atoms with Gasteiger partial charge in [0, 0.05) is 30.2 Å². The van der Waals surface area contributed by atoms with Crippen LogP contribution in [0.4, 0.5) is 5.69 Å². The van der Waals surface area contributed by atoms with E-state index in [1.807, 2.05) is 122 Å². The standard InChI is InChI=1S/C44H42BrN3O7/c1-27-38(30-17-8-4-9-18-30)54-43(53)36-37-41(51)48(34(26-49)29-15-6-3-7-16-29)40(44(37)25-33(45)39(36)55-44)42(52)47(23-13-5-10-20-35(50)46(27)2)32-22-21-28-14-11-12-19-31(28)24-32/h3-9,11-19,21-22,24-25,27,34,36-40,49H,10,20,23,26H2,1-2H3/b13-5-/t27-,34+,36+,37-,38+,39+,40+,44-/m0/s1. The Kier molecular flexibility index (Phi) is 9.96. The van der Waals surface area contributed by atoms with Gasteiger partial charge in [0.05, 0.1) is 24.6 Å². The summed E-state index contributed by atoms with van der Waals surface area (Å²) >= 11 is 3.65. The van der Waals surface area contributed by atoms with Crippen LogP contribution in [0.2, 0.25) is 0 Å². The van der Waals surface area contributed by atoms with Crippen molar-refractivity contribution in [2.45, 2.75) is 55.7 Å². The number of rotatable bonds is 5. The third-order valence-corrected chi connectivity index (χ3v) is 12.3. The van der Waals surface area contributed by atoms with Gasteiger partial charge in [-0.05, 0) is 53.5 Å². The zero-order valence-corrected chi connectivity index (χ0v) is 32.1. The number of amides is 3.